The second-order valence-corrected chi connectivity index (χ2v) is 9.62. The molecule has 4 rings (SSSR count). The zero-order chi connectivity index (χ0) is 25.8. The van der Waals surface area contributed by atoms with Crippen LogP contribution in [-0.2, 0) is 9.53 Å². The monoisotopic (exact) mass is 495 g/mol. The summed E-state index contributed by atoms with van der Waals surface area (Å²) in [6, 6.07) is 4.71. The van der Waals surface area contributed by atoms with Gasteiger partial charge in [-0.1, -0.05) is 6.92 Å². The Bertz CT molecular complexity index is 1110. The predicted octanol–water partition coefficient (Wildman–Crippen LogP) is 2.47. The van der Waals surface area contributed by atoms with E-state index in [1.54, 1.807) is 42.2 Å². The number of aromatic nitrogens is 2. The van der Waals surface area contributed by atoms with Gasteiger partial charge in [0.1, 0.15) is 18.1 Å². The van der Waals surface area contributed by atoms with Crippen LogP contribution in [0.25, 0.3) is 0 Å². The zero-order valence-corrected chi connectivity index (χ0v) is 21.1. The molecule has 0 bridgehead atoms. The topological polar surface area (TPSA) is 114 Å². The van der Waals surface area contributed by atoms with Crippen LogP contribution in [0.3, 0.4) is 0 Å². The highest BCUT2D eigenvalue weighted by molar-refractivity contribution is 5.99. The number of likely N-dealkylation sites (N-methyl/N-ethyl adjacent to an activating group) is 1. The summed E-state index contributed by atoms with van der Waals surface area (Å²) < 4.78 is 11.9. The summed E-state index contributed by atoms with van der Waals surface area (Å²) in [4.78, 5) is 50.5. The lowest BCUT2D eigenvalue weighted by molar-refractivity contribution is -0.117. The normalized spacial score (nSPS) is 23.1. The molecule has 0 unspecified atom stereocenters. The van der Waals surface area contributed by atoms with E-state index in [2.05, 4.69) is 15.3 Å². The van der Waals surface area contributed by atoms with E-state index in [9.17, 15) is 14.4 Å². The van der Waals surface area contributed by atoms with Gasteiger partial charge in [-0.2, -0.15) is 0 Å². The maximum Gasteiger partial charge on any atom is 0.274 e. The summed E-state index contributed by atoms with van der Waals surface area (Å²) in [5.41, 5.74) is 1.19. The van der Waals surface area contributed by atoms with Gasteiger partial charge in [0.05, 0.1) is 23.9 Å². The van der Waals surface area contributed by atoms with Crippen molar-refractivity contribution in [2.24, 2.45) is 11.8 Å². The van der Waals surface area contributed by atoms with Crippen LogP contribution in [0.5, 0.6) is 5.75 Å². The molecule has 0 radical (unpaired) electrons. The quantitative estimate of drug-likeness (QED) is 0.693. The molecule has 0 spiro atoms. The van der Waals surface area contributed by atoms with E-state index in [-0.39, 0.29) is 54.0 Å². The molecular weight excluding hydrogens is 462 g/mol. The van der Waals surface area contributed by atoms with E-state index in [0.29, 0.717) is 30.1 Å². The first-order valence-corrected chi connectivity index (χ1v) is 12.2. The molecule has 3 atom stereocenters. The second kappa shape index (κ2) is 11.0. The highest BCUT2D eigenvalue weighted by Gasteiger charge is 2.32. The predicted molar refractivity (Wildman–Crippen MR) is 133 cm³/mol. The minimum absolute atomic E-state index is 0.0300. The van der Waals surface area contributed by atoms with Gasteiger partial charge in [0.15, 0.2) is 0 Å². The van der Waals surface area contributed by atoms with Crippen molar-refractivity contribution in [2.45, 2.75) is 38.8 Å². The summed E-state index contributed by atoms with van der Waals surface area (Å²) in [5, 5.41) is 2.90. The van der Waals surface area contributed by atoms with Gasteiger partial charge in [-0.25, -0.2) is 4.98 Å². The Hall–Kier alpha value is -3.53. The van der Waals surface area contributed by atoms with Crippen molar-refractivity contribution in [1.29, 1.82) is 0 Å². The fourth-order valence-corrected chi connectivity index (χ4v) is 4.28. The molecule has 1 aromatic heterocycles. The van der Waals surface area contributed by atoms with Crippen molar-refractivity contribution in [3.8, 4) is 5.75 Å². The van der Waals surface area contributed by atoms with Crippen molar-refractivity contribution in [2.75, 3.05) is 39.2 Å². The van der Waals surface area contributed by atoms with E-state index < -0.39 is 0 Å². The summed E-state index contributed by atoms with van der Waals surface area (Å²) in [5.74, 6) is -0.173. The van der Waals surface area contributed by atoms with Gasteiger partial charge in [0, 0.05) is 63.2 Å². The molecule has 2 aliphatic rings. The third kappa shape index (κ3) is 5.81. The molecule has 1 aliphatic heterocycles. The van der Waals surface area contributed by atoms with Crippen LogP contribution < -0.4 is 10.1 Å². The first-order chi connectivity index (χ1) is 17.3. The van der Waals surface area contributed by atoms with Gasteiger partial charge in [-0.15, -0.1) is 0 Å². The van der Waals surface area contributed by atoms with Crippen LogP contribution in [0.1, 0.15) is 47.5 Å². The summed E-state index contributed by atoms with van der Waals surface area (Å²) in [6.45, 7) is 4.73. The average Bonchev–Trinajstić information content (AvgIpc) is 3.74. The zero-order valence-electron chi connectivity index (χ0n) is 21.1. The van der Waals surface area contributed by atoms with Crippen LogP contribution >= 0.6 is 0 Å². The van der Waals surface area contributed by atoms with Crippen LogP contribution in [0.15, 0.2) is 36.8 Å². The van der Waals surface area contributed by atoms with Crippen molar-refractivity contribution < 1.29 is 23.9 Å². The van der Waals surface area contributed by atoms with Crippen molar-refractivity contribution in [1.82, 2.24) is 19.8 Å². The number of carbonyl (C=O) groups is 3. The fourth-order valence-electron chi connectivity index (χ4n) is 4.28. The number of benzene rings is 1. The molecule has 192 valence electrons. The number of hydrogen-bond donors (Lipinski definition) is 1. The Balaban J connectivity index is 1.66. The lowest BCUT2D eigenvalue weighted by atomic mass is 10.0. The Morgan fingerprint density at radius 2 is 1.94 bits per heavy atom. The molecule has 1 aliphatic carbocycles. The summed E-state index contributed by atoms with van der Waals surface area (Å²) in [7, 11) is 3.32. The third-order valence-corrected chi connectivity index (χ3v) is 6.71. The Morgan fingerprint density at radius 1 is 1.17 bits per heavy atom. The number of carbonyl (C=O) groups excluding carboxylic acids is 3. The van der Waals surface area contributed by atoms with Gasteiger partial charge >= 0.3 is 0 Å². The minimum Gasteiger partial charge on any atom is -0.491 e. The van der Waals surface area contributed by atoms with E-state index >= 15 is 0 Å². The first-order valence-electron chi connectivity index (χ1n) is 12.2. The second-order valence-electron chi connectivity index (χ2n) is 9.62. The lowest BCUT2D eigenvalue weighted by Gasteiger charge is -2.35. The highest BCUT2D eigenvalue weighted by atomic mass is 16.5. The maximum absolute atomic E-state index is 13.4. The number of amides is 3. The minimum atomic E-state index is -0.343. The van der Waals surface area contributed by atoms with Gasteiger partial charge in [-0.3, -0.25) is 19.4 Å². The number of methoxy groups -OCH3 is 1. The molecule has 0 saturated heterocycles. The Kier molecular flexibility index (Phi) is 7.83. The largest absolute Gasteiger partial charge is 0.491 e. The fraction of sp³-hybridized carbons (Fsp3) is 0.500. The van der Waals surface area contributed by atoms with E-state index in [1.165, 1.54) is 18.6 Å². The summed E-state index contributed by atoms with van der Waals surface area (Å²) in [6.07, 6.45) is 5.93. The van der Waals surface area contributed by atoms with Crippen LogP contribution in [-0.4, -0.2) is 83.5 Å². The standard InChI is InChI=1S/C26H33N5O5/c1-16-13-31(26(34)21-12-27-9-10-28-21)17(2)15-36-22-11-19(29-24(32)18-5-6-18)7-8-20(22)25(33)30(3)14-23(16)35-4/h7-12,16-18,23H,5-6,13-15H2,1-4H3,(H,29,32)/t16-,17+,23-/m1/s1. The molecule has 2 heterocycles. The molecule has 1 N–H and O–H groups in total. The van der Waals surface area contributed by atoms with E-state index in [4.69, 9.17) is 9.47 Å². The number of anilines is 1. The number of ether oxygens (including phenoxy) is 2. The number of fused-ring (bicyclic) bond motifs is 1. The van der Waals surface area contributed by atoms with Gasteiger partial charge in [0.2, 0.25) is 5.91 Å². The molecule has 36 heavy (non-hydrogen) atoms. The SMILES string of the molecule is CO[C@@H]1CN(C)C(=O)c2ccc(NC(=O)C3CC3)cc2OC[C@H](C)N(C(=O)c2cnccn2)C[C@H]1C. The smallest absolute Gasteiger partial charge is 0.274 e. The van der Waals surface area contributed by atoms with E-state index in [1.807, 2.05) is 13.8 Å². The van der Waals surface area contributed by atoms with Crippen LogP contribution in [0.2, 0.25) is 0 Å². The molecule has 1 saturated carbocycles. The van der Waals surface area contributed by atoms with E-state index in [0.717, 1.165) is 12.8 Å². The van der Waals surface area contributed by atoms with Gasteiger partial charge in [0.25, 0.3) is 11.8 Å². The Morgan fingerprint density at radius 3 is 2.61 bits per heavy atom. The Labute approximate surface area is 211 Å². The highest BCUT2D eigenvalue weighted by Crippen LogP contribution is 2.32. The number of rotatable bonds is 4. The molecule has 2 aromatic rings. The first kappa shape index (κ1) is 25.6. The van der Waals surface area contributed by atoms with Gasteiger partial charge < -0.3 is 24.6 Å². The molecule has 10 nitrogen and oxygen atoms in total. The molecule has 3 amide bonds. The molecular formula is C26H33N5O5. The van der Waals surface area contributed by atoms with Gasteiger partial charge in [-0.05, 0) is 31.9 Å². The number of nitrogens with one attached hydrogen (secondary N) is 1. The molecule has 10 heteroatoms. The third-order valence-electron chi connectivity index (χ3n) is 6.71. The van der Waals surface area contributed by atoms with Crippen molar-refractivity contribution in [3.63, 3.8) is 0 Å². The van der Waals surface area contributed by atoms with Crippen LogP contribution in [0.4, 0.5) is 5.69 Å². The average molecular weight is 496 g/mol. The molecule has 1 fully saturated rings. The lowest BCUT2D eigenvalue weighted by Crippen LogP contribution is -2.48. The maximum atomic E-state index is 13.4. The summed E-state index contributed by atoms with van der Waals surface area (Å²) >= 11 is 0. The van der Waals surface area contributed by atoms with Crippen molar-refractivity contribution in [3.05, 3.63) is 48.0 Å². The number of hydrogen-bond acceptors (Lipinski definition) is 7. The number of nitrogens with zero attached hydrogens (tertiary/aromatic N) is 4. The van der Waals surface area contributed by atoms with Crippen molar-refractivity contribution >= 4 is 23.4 Å². The molecule has 1 aromatic carbocycles. The van der Waals surface area contributed by atoms with Crippen LogP contribution in [0, 0.1) is 11.8 Å².